The molecule has 1 aliphatic heterocycles. The maximum atomic E-state index is 12.9. The van der Waals surface area contributed by atoms with Crippen LogP contribution in [0.25, 0.3) is 0 Å². The fourth-order valence-corrected chi connectivity index (χ4v) is 2.69. The van der Waals surface area contributed by atoms with Gasteiger partial charge in [-0.3, -0.25) is 9.69 Å². The van der Waals surface area contributed by atoms with Gasteiger partial charge >= 0.3 is 12.1 Å². The first-order chi connectivity index (χ1) is 9.29. The fourth-order valence-electron chi connectivity index (χ4n) is 2.69. The highest BCUT2D eigenvalue weighted by Gasteiger charge is 2.37. The molecule has 0 aliphatic carbocycles. The summed E-state index contributed by atoms with van der Waals surface area (Å²) >= 11 is 0. The monoisotopic (exact) mass is 287 g/mol. The van der Waals surface area contributed by atoms with E-state index in [2.05, 4.69) is 0 Å². The van der Waals surface area contributed by atoms with Gasteiger partial charge in [0.1, 0.15) is 0 Å². The molecule has 1 saturated heterocycles. The van der Waals surface area contributed by atoms with Crippen molar-refractivity contribution >= 4 is 5.97 Å². The minimum Gasteiger partial charge on any atom is -0.481 e. The molecule has 0 spiro atoms. The van der Waals surface area contributed by atoms with Gasteiger partial charge in [-0.1, -0.05) is 25.1 Å². The number of carboxylic acids is 1. The number of likely N-dealkylation sites (tertiary alicyclic amines) is 1. The van der Waals surface area contributed by atoms with Crippen LogP contribution in [0.3, 0.4) is 0 Å². The van der Waals surface area contributed by atoms with Gasteiger partial charge in [0.05, 0.1) is 11.5 Å². The van der Waals surface area contributed by atoms with E-state index in [-0.39, 0.29) is 18.0 Å². The summed E-state index contributed by atoms with van der Waals surface area (Å²) < 4.78 is 38.7. The molecule has 0 radical (unpaired) electrons. The van der Waals surface area contributed by atoms with Crippen molar-refractivity contribution in [3.63, 3.8) is 0 Å². The molecule has 1 aromatic carbocycles. The van der Waals surface area contributed by atoms with Crippen LogP contribution in [0.1, 0.15) is 18.1 Å². The van der Waals surface area contributed by atoms with E-state index in [0.29, 0.717) is 13.1 Å². The Hall–Kier alpha value is -1.56. The zero-order valence-corrected chi connectivity index (χ0v) is 11.0. The molecule has 2 unspecified atom stereocenters. The maximum absolute atomic E-state index is 12.9. The molecule has 1 N–H and O–H groups in total. The number of rotatable bonds is 3. The van der Waals surface area contributed by atoms with Crippen LogP contribution in [0.2, 0.25) is 0 Å². The second kappa shape index (κ2) is 5.44. The number of nitrogens with zero attached hydrogens (tertiary/aromatic N) is 1. The summed E-state index contributed by atoms with van der Waals surface area (Å²) in [7, 11) is 0. The molecular weight excluding hydrogens is 271 g/mol. The van der Waals surface area contributed by atoms with Crippen LogP contribution in [-0.2, 0) is 17.5 Å². The van der Waals surface area contributed by atoms with Crippen molar-refractivity contribution in [2.75, 3.05) is 13.1 Å². The number of halogens is 3. The third-order valence-electron chi connectivity index (χ3n) is 3.72. The normalized spacial score (nSPS) is 24.0. The van der Waals surface area contributed by atoms with Gasteiger partial charge in [-0.2, -0.15) is 13.2 Å². The molecule has 1 aromatic rings. The summed E-state index contributed by atoms with van der Waals surface area (Å²) in [6.07, 6.45) is -4.38. The van der Waals surface area contributed by atoms with Crippen LogP contribution in [0.4, 0.5) is 13.2 Å². The molecule has 1 heterocycles. The molecular formula is C14H16F3NO2. The second-order valence-electron chi connectivity index (χ2n) is 5.27. The topological polar surface area (TPSA) is 40.5 Å². The van der Waals surface area contributed by atoms with Gasteiger partial charge in [-0.25, -0.2) is 0 Å². The number of carboxylic acid groups (broad SMARTS) is 1. The molecule has 0 saturated carbocycles. The molecule has 6 heteroatoms. The quantitative estimate of drug-likeness (QED) is 0.929. The molecule has 1 aliphatic rings. The van der Waals surface area contributed by atoms with Gasteiger partial charge in [-0.05, 0) is 17.5 Å². The van der Waals surface area contributed by atoms with Crippen molar-refractivity contribution < 1.29 is 23.1 Å². The SMILES string of the molecule is CC1CN(Cc2ccccc2C(F)(F)F)CC1C(=O)O. The Balaban J connectivity index is 2.14. The van der Waals surface area contributed by atoms with Gasteiger partial charge in [0, 0.05) is 19.6 Å². The summed E-state index contributed by atoms with van der Waals surface area (Å²) in [4.78, 5) is 12.8. The lowest BCUT2D eigenvalue weighted by atomic mass is 9.99. The number of benzene rings is 1. The van der Waals surface area contributed by atoms with E-state index in [9.17, 15) is 18.0 Å². The molecule has 110 valence electrons. The lowest BCUT2D eigenvalue weighted by Crippen LogP contribution is -2.24. The number of hydrogen-bond donors (Lipinski definition) is 1. The summed E-state index contributed by atoms with van der Waals surface area (Å²) in [5.74, 6) is -1.44. The van der Waals surface area contributed by atoms with Crippen LogP contribution in [0.15, 0.2) is 24.3 Å². The Morgan fingerprint density at radius 2 is 2.00 bits per heavy atom. The second-order valence-corrected chi connectivity index (χ2v) is 5.27. The molecule has 2 rings (SSSR count). The summed E-state index contributed by atoms with van der Waals surface area (Å²) in [5, 5.41) is 9.04. The first-order valence-corrected chi connectivity index (χ1v) is 6.39. The van der Waals surface area contributed by atoms with Crippen molar-refractivity contribution in [2.45, 2.75) is 19.6 Å². The van der Waals surface area contributed by atoms with Crippen molar-refractivity contribution in [3.05, 3.63) is 35.4 Å². The highest BCUT2D eigenvalue weighted by molar-refractivity contribution is 5.71. The third-order valence-corrected chi connectivity index (χ3v) is 3.72. The zero-order valence-electron chi connectivity index (χ0n) is 11.0. The lowest BCUT2D eigenvalue weighted by molar-refractivity contribution is -0.142. The molecule has 0 aromatic heterocycles. The van der Waals surface area contributed by atoms with E-state index >= 15 is 0 Å². The predicted molar refractivity (Wildman–Crippen MR) is 67.0 cm³/mol. The van der Waals surface area contributed by atoms with Gasteiger partial charge in [-0.15, -0.1) is 0 Å². The van der Waals surface area contributed by atoms with Crippen molar-refractivity contribution in [1.29, 1.82) is 0 Å². The van der Waals surface area contributed by atoms with E-state index < -0.39 is 23.6 Å². The van der Waals surface area contributed by atoms with Crippen molar-refractivity contribution in [1.82, 2.24) is 4.90 Å². The Kier molecular flexibility index (Phi) is 4.04. The largest absolute Gasteiger partial charge is 0.481 e. The van der Waals surface area contributed by atoms with Crippen LogP contribution < -0.4 is 0 Å². The highest BCUT2D eigenvalue weighted by Crippen LogP contribution is 2.33. The van der Waals surface area contributed by atoms with Crippen LogP contribution in [0.5, 0.6) is 0 Å². The van der Waals surface area contributed by atoms with Gasteiger partial charge in [0.2, 0.25) is 0 Å². The highest BCUT2D eigenvalue weighted by atomic mass is 19.4. The number of carbonyl (C=O) groups is 1. The van der Waals surface area contributed by atoms with Crippen molar-refractivity contribution in [3.8, 4) is 0 Å². The molecule has 20 heavy (non-hydrogen) atoms. The van der Waals surface area contributed by atoms with Crippen LogP contribution in [0, 0.1) is 11.8 Å². The summed E-state index contributed by atoms with van der Waals surface area (Å²) in [6.45, 7) is 2.74. The van der Waals surface area contributed by atoms with E-state index in [1.165, 1.54) is 12.1 Å². The van der Waals surface area contributed by atoms with E-state index in [1.54, 1.807) is 11.0 Å². The van der Waals surface area contributed by atoms with Gasteiger partial charge in [0.15, 0.2) is 0 Å². The van der Waals surface area contributed by atoms with Crippen LogP contribution in [-0.4, -0.2) is 29.1 Å². The lowest BCUT2D eigenvalue weighted by Gasteiger charge is -2.19. The Morgan fingerprint density at radius 1 is 1.35 bits per heavy atom. The fraction of sp³-hybridized carbons (Fsp3) is 0.500. The minimum absolute atomic E-state index is 0.0504. The maximum Gasteiger partial charge on any atom is 0.416 e. The Bertz CT molecular complexity index is 501. The number of hydrogen-bond acceptors (Lipinski definition) is 2. The van der Waals surface area contributed by atoms with E-state index in [4.69, 9.17) is 5.11 Å². The van der Waals surface area contributed by atoms with E-state index in [0.717, 1.165) is 6.07 Å². The summed E-state index contributed by atoms with van der Waals surface area (Å²) in [6, 6.07) is 5.43. The minimum atomic E-state index is -4.38. The molecule has 0 amide bonds. The molecule has 0 bridgehead atoms. The molecule has 1 fully saturated rings. The Labute approximate surface area is 115 Å². The predicted octanol–water partition coefficient (Wildman–Crippen LogP) is 2.86. The van der Waals surface area contributed by atoms with Crippen molar-refractivity contribution in [2.24, 2.45) is 11.8 Å². The van der Waals surface area contributed by atoms with Crippen LogP contribution >= 0.6 is 0 Å². The standard InChI is InChI=1S/C14H16F3NO2/c1-9-6-18(8-11(9)13(19)20)7-10-4-2-3-5-12(10)14(15,16)17/h2-5,9,11H,6-8H2,1H3,(H,19,20). The number of aliphatic carboxylic acids is 1. The Morgan fingerprint density at radius 3 is 2.55 bits per heavy atom. The average molecular weight is 287 g/mol. The smallest absolute Gasteiger partial charge is 0.416 e. The summed E-state index contributed by atoms with van der Waals surface area (Å²) in [5.41, 5.74) is -0.454. The first-order valence-electron chi connectivity index (χ1n) is 6.39. The average Bonchev–Trinajstić information content (AvgIpc) is 2.69. The van der Waals surface area contributed by atoms with E-state index in [1.807, 2.05) is 6.92 Å². The molecule has 3 nitrogen and oxygen atoms in total. The zero-order chi connectivity index (χ0) is 14.9. The third kappa shape index (κ3) is 3.12. The number of alkyl halides is 3. The van der Waals surface area contributed by atoms with Gasteiger partial charge < -0.3 is 5.11 Å². The first kappa shape index (κ1) is 14.8. The molecule has 2 atom stereocenters. The van der Waals surface area contributed by atoms with Gasteiger partial charge in [0.25, 0.3) is 0 Å².